The quantitative estimate of drug-likeness (QED) is 0.784. The maximum Gasteiger partial charge on any atom is 0.251 e. The Morgan fingerprint density at radius 2 is 2.00 bits per heavy atom. The molecule has 2 rings (SSSR count). The molecule has 1 aliphatic heterocycles. The van der Waals surface area contributed by atoms with Gasteiger partial charge in [-0.2, -0.15) is 0 Å². The molecule has 9 heteroatoms. The van der Waals surface area contributed by atoms with Crippen molar-refractivity contribution < 1.29 is 21.6 Å². The molecule has 0 spiro atoms. The number of sulfonamides is 1. The Balaban J connectivity index is 2.15. The number of carbonyl (C=O) groups is 1. The fourth-order valence-corrected chi connectivity index (χ4v) is 5.33. The third-order valence-electron chi connectivity index (χ3n) is 3.37. The van der Waals surface area contributed by atoms with Crippen molar-refractivity contribution in [1.82, 2.24) is 10.0 Å². The van der Waals surface area contributed by atoms with Crippen molar-refractivity contribution in [1.29, 1.82) is 0 Å². The molecule has 128 valence electrons. The summed E-state index contributed by atoms with van der Waals surface area (Å²) in [6.07, 6.45) is 0.376. The van der Waals surface area contributed by atoms with Gasteiger partial charge in [0.1, 0.15) is 0 Å². The molecule has 1 aromatic rings. The summed E-state index contributed by atoms with van der Waals surface area (Å²) in [5.41, 5.74) is 0.181. The zero-order valence-electron chi connectivity index (χ0n) is 12.9. The number of nitrogens with one attached hydrogen (secondary N) is 2. The van der Waals surface area contributed by atoms with Gasteiger partial charge in [-0.3, -0.25) is 4.79 Å². The van der Waals surface area contributed by atoms with E-state index in [4.69, 9.17) is 0 Å². The highest BCUT2D eigenvalue weighted by Crippen LogP contribution is 2.15. The summed E-state index contributed by atoms with van der Waals surface area (Å²) >= 11 is 0. The molecule has 1 heterocycles. The standard InChI is InChI=1S/C14H20N2O5S2/c1-10(2)16-23(20,21)13-5-3-4-11(8-13)14(17)15-12-6-7-22(18,19)9-12/h3-5,8,10,12,16H,6-7,9H2,1-2H3,(H,15,17). The SMILES string of the molecule is CC(C)NS(=O)(=O)c1cccc(C(=O)NC2CCS(=O)(=O)C2)c1. The van der Waals surface area contributed by atoms with Gasteiger partial charge in [-0.25, -0.2) is 21.6 Å². The Hall–Kier alpha value is -1.45. The molecule has 7 nitrogen and oxygen atoms in total. The predicted octanol–water partition coefficient (Wildman–Crippen LogP) is 0.290. The number of carbonyl (C=O) groups excluding carboxylic acids is 1. The van der Waals surface area contributed by atoms with Gasteiger partial charge >= 0.3 is 0 Å². The van der Waals surface area contributed by atoms with E-state index < -0.39 is 31.8 Å². The minimum Gasteiger partial charge on any atom is -0.348 e. The third kappa shape index (κ3) is 4.76. The highest BCUT2D eigenvalue weighted by atomic mass is 32.2. The fourth-order valence-electron chi connectivity index (χ4n) is 2.36. The highest BCUT2D eigenvalue weighted by Gasteiger charge is 2.29. The molecule has 1 aliphatic rings. The van der Waals surface area contributed by atoms with Crippen LogP contribution in [-0.2, 0) is 19.9 Å². The first-order valence-corrected chi connectivity index (χ1v) is 10.5. The molecule has 0 bridgehead atoms. The van der Waals surface area contributed by atoms with E-state index >= 15 is 0 Å². The molecular formula is C14H20N2O5S2. The lowest BCUT2D eigenvalue weighted by molar-refractivity contribution is 0.0941. The van der Waals surface area contributed by atoms with Gasteiger partial charge in [0, 0.05) is 17.6 Å². The molecule has 0 aliphatic carbocycles. The van der Waals surface area contributed by atoms with Crippen LogP contribution in [0.5, 0.6) is 0 Å². The lowest BCUT2D eigenvalue weighted by atomic mass is 10.2. The number of amides is 1. The van der Waals surface area contributed by atoms with E-state index in [1.165, 1.54) is 24.3 Å². The van der Waals surface area contributed by atoms with Crippen molar-refractivity contribution in [3.63, 3.8) is 0 Å². The number of sulfone groups is 1. The second kappa shape index (κ2) is 6.58. The second-order valence-electron chi connectivity index (χ2n) is 5.88. The van der Waals surface area contributed by atoms with E-state index in [-0.39, 0.29) is 28.0 Å². The van der Waals surface area contributed by atoms with E-state index in [1.54, 1.807) is 13.8 Å². The first-order chi connectivity index (χ1) is 10.6. The normalized spacial score (nSPS) is 20.6. The average molecular weight is 360 g/mol. The molecule has 1 atom stereocenters. The molecule has 0 aromatic heterocycles. The predicted molar refractivity (Wildman–Crippen MR) is 86.4 cm³/mol. The average Bonchev–Trinajstić information content (AvgIpc) is 2.76. The van der Waals surface area contributed by atoms with Gasteiger partial charge < -0.3 is 5.32 Å². The zero-order valence-corrected chi connectivity index (χ0v) is 14.6. The largest absolute Gasteiger partial charge is 0.348 e. The molecule has 1 fully saturated rings. The number of hydrogen-bond acceptors (Lipinski definition) is 5. The molecule has 1 saturated heterocycles. The van der Waals surface area contributed by atoms with Crippen LogP contribution in [-0.4, -0.2) is 46.3 Å². The van der Waals surface area contributed by atoms with Crippen LogP contribution in [0.15, 0.2) is 29.2 Å². The number of rotatable bonds is 5. The van der Waals surface area contributed by atoms with Crippen LogP contribution in [0, 0.1) is 0 Å². The topological polar surface area (TPSA) is 109 Å². The van der Waals surface area contributed by atoms with Crippen molar-refractivity contribution in [2.75, 3.05) is 11.5 Å². The van der Waals surface area contributed by atoms with E-state index in [1.807, 2.05) is 0 Å². The second-order valence-corrected chi connectivity index (χ2v) is 9.82. The molecule has 2 N–H and O–H groups in total. The van der Waals surface area contributed by atoms with E-state index in [0.717, 1.165) is 0 Å². The molecule has 1 aromatic carbocycles. The monoisotopic (exact) mass is 360 g/mol. The van der Waals surface area contributed by atoms with Crippen LogP contribution in [0.2, 0.25) is 0 Å². The van der Waals surface area contributed by atoms with Gasteiger partial charge in [-0.05, 0) is 38.5 Å². The van der Waals surface area contributed by atoms with Crippen molar-refractivity contribution in [2.24, 2.45) is 0 Å². The highest BCUT2D eigenvalue weighted by molar-refractivity contribution is 7.91. The maximum absolute atomic E-state index is 12.2. The Morgan fingerprint density at radius 1 is 1.30 bits per heavy atom. The van der Waals surface area contributed by atoms with Crippen LogP contribution in [0.1, 0.15) is 30.6 Å². The van der Waals surface area contributed by atoms with Gasteiger partial charge in [0.05, 0.1) is 16.4 Å². The summed E-state index contributed by atoms with van der Waals surface area (Å²) in [7, 11) is -6.78. The summed E-state index contributed by atoms with van der Waals surface area (Å²) in [5.74, 6) is -0.496. The van der Waals surface area contributed by atoms with Gasteiger partial charge in [0.25, 0.3) is 5.91 Å². The van der Waals surface area contributed by atoms with E-state index in [9.17, 15) is 21.6 Å². The Bertz CT molecular complexity index is 800. The van der Waals surface area contributed by atoms with Crippen LogP contribution < -0.4 is 10.0 Å². The van der Waals surface area contributed by atoms with Gasteiger partial charge in [-0.15, -0.1) is 0 Å². The molecule has 1 amide bonds. The van der Waals surface area contributed by atoms with Crippen LogP contribution >= 0.6 is 0 Å². The minimum atomic E-state index is -3.69. The summed E-state index contributed by atoms with van der Waals surface area (Å²) in [4.78, 5) is 12.2. The van der Waals surface area contributed by atoms with Crippen molar-refractivity contribution in [3.8, 4) is 0 Å². The Kier molecular flexibility index (Phi) is 5.12. The summed E-state index contributed by atoms with van der Waals surface area (Å²) < 4.78 is 49.5. The van der Waals surface area contributed by atoms with Gasteiger partial charge in [0.15, 0.2) is 9.84 Å². The maximum atomic E-state index is 12.2. The van der Waals surface area contributed by atoms with Crippen molar-refractivity contribution in [2.45, 2.75) is 37.2 Å². The zero-order chi connectivity index (χ0) is 17.3. The first kappa shape index (κ1) is 17.9. The summed E-state index contributed by atoms with van der Waals surface area (Å²) in [5, 5.41) is 2.64. The summed E-state index contributed by atoms with van der Waals surface area (Å²) in [6, 6.07) is 4.97. The lowest BCUT2D eigenvalue weighted by Gasteiger charge is -2.13. The molecule has 1 unspecified atom stereocenters. The number of hydrogen-bond donors (Lipinski definition) is 2. The van der Waals surface area contributed by atoms with Crippen LogP contribution in [0.25, 0.3) is 0 Å². The Labute approximate surface area is 136 Å². The summed E-state index contributed by atoms with van der Waals surface area (Å²) in [6.45, 7) is 3.41. The van der Waals surface area contributed by atoms with Crippen molar-refractivity contribution >= 4 is 25.8 Å². The molecule has 23 heavy (non-hydrogen) atoms. The molecular weight excluding hydrogens is 340 g/mol. The fraction of sp³-hybridized carbons (Fsp3) is 0.500. The Morgan fingerprint density at radius 3 is 2.57 bits per heavy atom. The third-order valence-corrected chi connectivity index (χ3v) is 6.79. The first-order valence-electron chi connectivity index (χ1n) is 7.23. The van der Waals surface area contributed by atoms with Gasteiger partial charge in [0.2, 0.25) is 10.0 Å². The van der Waals surface area contributed by atoms with Gasteiger partial charge in [-0.1, -0.05) is 6.07 Å². The van der Waals surface area contributed by atoms with E-state index in [2.05, 4.69) is 10.0 Å². The molecule has 0 saturated carbocycles. The minimum absolute atomic E-state index is 0.00195. The number of benzene rings is 1. The molecule has 0 radical (unpaired) electrons. The smallest absolute Gasteiger partial charge is 0.251 e. The lowest BCUT2D eigenvalue weighted by Crippen LogP contribution is -2.35. The van der Waals surface area contributed by atoms with Crippen LogP contribution in [0.4, 0.5) is 0 Å². The van der Waals surface area contributed by atoms with Crippen LogP contribution in [0.3, 0.4) is 0 Å². The van der Waals surface area contributed by atoms with E-state index in [0.29, 0.717) is 6.42 Å². The van der Waals surface area contributed by atoms with Crippen molar-refractivity contribution in [3.05, 3.63) is 29.8 Å².